The van der Waals surface area contributed by atoms with Crippen molar-refractivity contribution in [3.63, 3.8) is 0 Å². The van der Waals surface area contributed by atoms with Crippen molar-refractivity contribution in [1.29, 1.82) is 0 Å². The van der Waals surface area contributed by atoms with E-state index in [0.29, 0.717) is 15.7 Å². The van der Waals surface area contributed by atoms with Crippen LogP contribution in [0, 0.1) is 0 Å². The number of nitrogens with one attached hydrogen (secondary N) is 2. The minimum Gasteiger partial charge on any atom is -0.376 e. The molecule has 0 unspecified atom stereocenters. The SMILES string of the molecule is CN(C)c1ccc(NC(=O)c2c[nH]cc2-c2ccc(Cl)s2)nc1. The second-order valence-corrected chi connectivity index (χ2v) is 6.85. The maximum Gasteiger partial charge on any atom is 0.259 e. The molecule has 23 heavy (non-hydrogen) atoms. The standard InChI is InChI=1S/C16H15ClN4OS/c1-21(2)10-3-6-15(19-7-10)20-16(22)12-9-18-8-11(12)13-4-5-14(17)23-13/h3-9,18H,1-2H3,(H,19,20,22). The van der Waals surface area contributed by atoms with Gasteiger partial charge in [-0.3, -0.25) is 4.79 Å². The lowest BCUT2D eigenvalue weighted by molar-refractivity contribution is 0.102. The lowest BCUT2D eigenvalue weighted by atomic mass is 10.1. The Balaban J connectivity index is 1.80. The molecule has 3 rings (SSSR count). The van der Waals surface area contributed by atoms with Gasteiger partial charge in [0.2, 0.25) is 0 Å². The second kappa shape index (κ2) is 6.44. The molecule has 0 atom stereocenters. The second-order valence-electron chi connectivity index (χ2n) is 5.14. The van der Waals surface area contributed by atoms with E-state index in [1.807, 2.05) is 37.2 Å². The molecule has 3 heterocycles. The third-order valence-corrected chi connectivity index (χ3v) is 4.60. The fraction of sp³-hybridized carbons (Fsp3) is 0.125. The molecule has 7 heteroatoms. The van der Waals surface area contributed by atoms with E-state index in [2.05, 4.69) is 15.3 Å². The molecule has 1 amide bonds. The van der Waals surface area contributed by atoms with Crippen molar-refractivity contribution in [2.75, 3.05) is 24.3 Å². The van der Waals surface area contributed by atoms with Crippen molar-refractivity contribution in [2.45, 2.75) is 0 Å². The fourth-order valence-corrected chi connectivity index (χ4v) is 3.20. The quantitative estimate of drug-likeness (QED) is 0.747. The topological polar surface area (TPSA) is 61.0 Å². The third-order valence-electron chi connectivity index (χ3n) is 3.33. The smallest absolute Gasteiger partial charge is 0.259 e. The Morgan fingerprint density at radius 1 is 1.26 bits per heavy atom. The van der Waals surface area contributed by atoms with Gasteiger partial charge in [-0.1, -0.05) is 11.6 Å². The van der Waals surface area contributed by atoms with Gasteiger partial charge in [-0.25, -0.2) is 4.98 Å². The van der Waals surface area contributed by atoms with Crippen molar-refractivity contribution in [2.24, 2.45) is 0 Å². The summed E-state index contributed by atoms with van der Waals surface area (Å²) in [7, 11) is 3.88. The molecule has 0 bridgehead atoms. The Morgan fingerprint density at radius 3 is 2.70 bits per heavy atom. The zero-order chi connectivity index (χ0) is 16.4. The molecule has 2 N–H and O–H groups in total. The largest absolute Gasteiger partial charge is 0.376 e. The molecule has 118 valence electrons. The number of aromatic nitrogens is 2. The lowest BCUT2D eigenvalue weighted by Gasteiger charge is -2.12. The molecular formula is C16H15ClN4OS. The van der Waals surface area contributed by atoms with Crippen LogP contribution < -0.4 is 10.2 Å². The molecule has 0 aliphatic rings. The number of hydrogen-bond acceptors (Lipinski definition) is 4. The van der Waals surface area contributed by atoms with Crippen LogP contribution in [0.5, 0.6) is 0 Å². The van der Waals surface area contributed by atoms with Gasteiger partial charge in [0.1, 0.15) is 5.82 Å². The van der Waals surface area contributed by atoms with E-state index in [1.165, 1.54) is 11.3 Å². The molecule has 0 fully saturated rings. The number of carbonyl (C=O) groups excluding carboxylic acids is 1. The van der Waals surface area contributed by atoms with Crippen LogP contribution in [0.15, 0.2) is 42.9 Å². The normalized spacial score (nSPS) is 10.6. The number of pyridine rings is 1. The van der Waals surface area contributed by atoms with Gasteiger partial charge in [0.05, 0.1) is 21.8 Å². The average molecular weight is 347 g/mol. The van der Waals surface area contributed by atoms with Crippen molar-refractivity contribution < 1.29 is 4.79 Å². The minimum atomic E-state index is -0.212. The van der Waals surface area contributed by atoms with Gasteiger partial charge in [-0.15, -0.1) is 11.3 Å². The number of H-pyrrole nitrogens is 1. The van der Waals surface area contributed by atoms with E-state index in [9.17, 15) is 4.79 Å². The maximum absolute atomic E-state index is 12.5. The van der Waals surface area contributed by atoms with Crippen LogP contribution in [-0.2, 0) is 0 Å². The first-order chi connectivity index (χ1) is 11.0. The third kappa shape index (κ3) is 3.38. The molecule has 0 saturated heterocycles. The summed E-state index contributed by atoms with van der Waals surface area (Å²) in [4.78, 5) is 22.6. The van der Waals surface area contributed by atoms with Gasteiger partial charge in [-0.05, 0) is 24.3 Å². The number of nitrogens with zero attached hydrogens (tertiary/aromatic N) is 2. The zero-order valence-corrected chi connectivity index (χ0v) is 14.2. The Labute approximate surface area is 142 Å². The van der Waals surface area contributed by atoms with Crippen LogP contribution in [-0.4, -0.2) is 30.0 Å². The molecular weight excluding hydrogens is 332 g/mol. The lowest BCUT2D eigenvalue weighted by Crippen LogP contribution is -2.14. The number of anilines is 2. The van der Waals surface area contributed by atoms with Crippen LogP contribution in [0.4, 0.5) is 11.5 Å². The van der Waals surface area contributed by atoms with Gasteiger partial charge in [0, 0.05) is 36.9 Å². The van der Waals surface area contributed by atoms with Gasteiger partial charge < -0.3 is 15.2 Å². The molecule has 5 nitrogen and oxygen atoms in total. The Kier molecular flexibility index (Phi) is 4.36. The highest BCUT2D eigenvalue weighted by molar-refractivity contribution is 7.19. The van der Waals surface area contributed by atoms with E-state index >= 15 is 0 Å². The molecule has 3 aromatic rings. The predicted molar refractivity (Wildman–Crippen MR) is 95.6 cm³/mol. The monoisotopic (exact) mass is 346 g/mol. The van der Waals surface area contributed by atoms with E-state index in [-0.39, 0.29) is 5.91 Å². The summed E-state index contributed by atoms with van der Waals surface area (Å²) in [6.45, 7) is 0. The summed E-state index contributed by atoms with van der Waals surface area (Å²) in [5.41, 5.74) is 2.35. The maximum atomic E-state index is 12.5. The summed E-state index contributed by atoms with van der Waals surface area (Å²) < 4.78 is 0.688. The number of hydrogen-bond donors (Lipinski definition) is 2. The van der Waals surface area contributed by atoms with E-state index < -0.39 is 0 Å². The first-order valence-electron chi connectivity index (χ1n) is 6.92. The molecule has 0 radical (unpaired) electrons. The van der Waals surface area contributed by atoms with E-state index in [4.69, 9.17) is 11.6 Å². The Morgan fingerprint density at radius 2 is 2.09 bits per heavy atom. The number of carbonyl (C=O) groups is 1. The van der Waals surface area contributed by atoms with E-state index in [0.717, 1.165) is 16.1 Å². The van der Waals surface area contributed by atoms with Crippen molar-refractivity contribution >= 4 is 40.4 Å². The van der Waals surface area contributed by atoms with Gasteiger partial charge >= 0.3 is 0 Å². The Bertz CT molecular complexity index is 823. The summed E-state index contributed by atoms with van der Waals surface area (Å²) in [6.07, 6.45) is 5.18. The molecule has 3 aromatic heterocycles. The van der Waals surface area contributed by atoms with Crippen molar-refractivity contribution in [3.8, 4) is 10.4 Å². The van der Waals surface area contributed by atoms with Crippen LogP contribution in [0.2, 0.25) is 4.34 Å². The van der Waals surface area contributed by atoms with Gasteiger partial charge in [0.25, 0.3) is 5.91 Å². The molecule has 0 aromatic carbocycles. The van der Waals surface area contributed by atoms with Gasteiger partial charge in [0.15, 0.2) is 0 Å². The number of halogens is 1. The first-order valence-corrected chi connectivity index (χ1v) is 8.11. The first kappa shape index (κ1) is 15.6. The molecule has 0 saturated carbocycles. The summed E-state index contributed by atoms with van der Waals surface area (Å²) >= 11 is 7.41. The summed E-state index contributed by atoms with van der Waals surface area (Å²) in [5, 5.41) is 2.81. The van der Waals surface area contributed by atoms with Crippen LogP contribution in [0.1, 0.15) is 10.4 Å². The Hall–Kier alpha value is -2.31. The van der Waals surface area contributed by atoms with Crippen LogP contribution in [0.3, 0.4) is 0 Å². The number of amides is 1. The average Bonchev–Trinajstić information content (AvgIpc) is 3.16. The number of aromatic amines is 1. The van der Waals surface area contributed by atoms with Crippen molar-refractivity contribution in [3.05, 3.63) is 52.8 Å². The van der Waals surface area contributed by atoms with Crippen molar-refractivity contribution in [1.82, 2.24) is 9.97 Å². The number of thiophene rings is 1. The van der Waals surface area contributed by atoms with Crippen LogP contribution >= 0.6 is 22.9 Å². The fourth-order valence-electron chi connectivity index (χ4n) is 2.12. The molecule has 0 aliphatic carbocycles. The highest BCUT2D eigenvalue weighted by atomic mass is 35.5. The molecule has 0 spiro atoms. The van der Waals surface area contributed by atoms with E-state index in [1.54, 1.807) is 24.7 Å². The minimum absolute atomic E-state index is 0.212. The highest BCUT2D eigenvalue weighted by Crippen LogP contribution is 2.33. The summed E-state index contributed by atoms with van der Waals surface area (Å²) in [5.74, 6) is 0.299. The number of rotatable bonds is 4. The summed E-state index contributed by atoms with van der Waals surface area (Å²) in [6, 6.07) is 7.40. The van der Waals surface area contributed by atoms with Gasteiger partial charge in [-0.2, -0.15) is 0 Å². The highest BCUT2D eigenvalue weighted by Gasteiger charge is 2.16. The predicted octanol–water partition coefficient (Wildman–Crippen LogP) is 4.11. The molecule has 0 aliphatic heterocycles. The van der Waals surface area contributed by atoms with Crippen LogP contribution in [0.25, 0.3) is 10.4 Å². The zero-order valence-electron chi connectivity index (χ0n) is 12.6.